The maximum atomic E-state index is 13.6. The standard InChI is InChI=1S/C26H35N3O6S/c1-19(26(31)27-21-7-5-6-8-21)28(17-20-9-13-23(34-2)14-10-20)25(30)18-29(36(4,32)33)22-11-15-24(35-3)16-12-22/h9-16,19,21H,5-8,17-18H2,1-4H3,(H,27,31)/t19-/m0/s1. The van der Waals surface area contributed by atoms with E-state index in [0.717, 1.165) is 41.8 Å². The Bertz CT molecular complexity index is 1130. The number of methoxy groups -OCH3 is 2. The van der Waals surface area contributed by atoms with E-state index in [9.17, 15) is 18.0 Å². The van der Waals surface area contributed by atoms with Gasteiger partial charge in [0.25, 0.3) is 0 Å². The third kappa shape index (κ3) is 7.13. The van der Waals surface area contributed by atoms with Crippen molar-refractivity contribution in [2.24, 2.45) is 0 Å². The van der Waals surface area contributed by atoms with Gasteiger partial charge in [-0.15, -0.1) is 0 Å². The number of ether oxygens (including phenoxy) is 2. The van der Waals surface area contributed by atoms with E-state index >= 15 is 0 Å². The van der Waals surface area contributed by atoms with Crippen molar-refractivity contribution in [1.82, 2.24) is 10.2 Å². The molecule has 1 aliphatic carbocycles. The van der Waals surface area contributed by atoms with Crippen molar-refractivity contribution in [1.29, 1.82) is 0 Å². The molecule has 1 saturated carbocycles. The first-order chi connectivity index (χ1) is 17.1. The van der Waals surface area contributed by atoms with Gasteiger partial charge < -0.3 is 19.7 Å². The van der Waals surface area contributed by atoms with E-state index in [4.69, 9.17) is 9.47 Å². The van der Waals surface area contributed by atoms with Gasteiger partial charge in [0.1, 0.15) is 24.1 Å². The van der Waals surface area contributed by atoms with Gasteiger partial charge in [0, 0.05) is 12.6 Å². The van der Waals surface area contributed by atoms with Crippen LogP contribution in [0, 0.1) is 0 Å². The number of nitrogens with one attached hydrogen (secondary N) is 1. The van der Waals surface area contributed by atoms with Gasteiger partial charge in [-0.1, -0.05) is 25.0 Å². The van der Waals surface area contributed by atoms with Crippen LogP contribution in [0.3, 0.4) is 0 Å². The van der Waals surface area contributed by atoms with Crippen molar-refractivity contribution in [3.63, 3.8) is 0 Å². The fraction of sp³-hybridized carbons (Fsp3) is 0.462. The topological polar surface area (TPSA) is 105 Å². The Hall–Kier alpha value is -3.27. The summed E-state index contributed by atoms with van der Waals surface area (Å²) in [5, 5.41) is 3.05. The second-order valence-corrected chi connectivity index (χ2v) is 10.9. The van der Waals surface area contributed by atoms with Crippen molar-refractivity contribution in [2.75, 3.05) is 31.3 Å². The van der Waals surface area contributed by atoms with Crippen molar-refractivity contribution in [3.05, 3.63) is 54.1 Å². The number of rotatable bonds is 11. The van der Waals surface area contributed by atoms with Crippen molar-refractivity contribution in [2.45, 2.75) is 51.2 Å². The average molecular weight is 518 g/mol. The Labute approximate surface area is 213 Å². The molecule has 2 aromatic rings. The Kier molecular flexibility index (Phi) is 9.19. The Morgan fingerprint density at radius 2 is 1.50 bits per heavy atom. The lowest BCUT2D eigenvalue weighted by molar-refractivity contribution is -0.139. The van der Waals surface area contributed by atoms with Crippen LogP contribution >= 0.6 is 0 Å². The van der Waals surface area contributed by atoms with E-state index in [2.05, 4.69) is 5.32 Å². The third-order valence-corrected chi connectivity index (χ3v) is 7.56. The van der Waals surface area contributed by atoms with Gasteiger partial charge in [0.2, 0.25) is 21.8 Å². The summed E-state index contributed by atoms with van der Waals surface area (Å²) in [7, 11) is -0.700. The fourth-order valence-corrected chi connectivity index (χ4v) is 5.11. The quantitative estimate of drug-likeness (QED) is 0.491. The van der Waals surface area contributed by atoms with Crippen LogP contribution < -0.4 is 19.1 Å². The summed E-state index contributed by atoms with van der Waals surface area (Å²) in [6.07, 6.45) is 5.03. The van der Waals surface area contributed by atoms with Crippen LogP contribution in [0.15, 0.2) is 48.5 Å². The highest BCUT2D eigenvalue weighted by atomic mass is 32.2. The predicted molar refractivity (Wildman–Crippen MR) is 139 cm³/mol. The van der Waals surface area contributed by atoms with Gasteiger partial charge >= 0.3 is 0 Å². The summed E-state index contributed by atoms with van der Waals surface area (Å²) in [5.41, 5.74) is 1.12. The molecule has 1 atom stereocenters. The van der Waals surface area contributed by atoms with Crippen LogP contribution in [0.25, 0.3) is 0 Å². The van der Waals surface area contributed by atoms with Crippen LogP contribution in [0.2, 0.25) is 0 Å². The van der Waals surface area contributed by atoms with E-state index in [0.29, 0.717) is 17.2 Å². The van der Waals surface area contributed by atoms with Crippen molar-refractivity contribution in [3.8, 4) is 11.5 Å². The van der Waals surface area contributed by atoms with Gasteiger partial charge in [-0.2, -0.15) is 0 Å². The first kappa shape index (κ1) is 27.3. The van der Waals surface area contributed by atoms with Gasteiger partial charge in [0.05, 0.1) is 26.2 Å². The highest BCUT2D eigenvalue weighted by molar-refractivity contribution is 7.92. The molecule has 0 spiro atoms. The molecule has 0 unspecified atom stereocenters. The molecule has 3 rings (SSSR count). The van der Waals surface area contributed by atoms with Gasteiger partial charge in [-0.05, 0) is 61.7 Å². The van der Waals surface area contributed by atoms with Crippen LogP contribution in [-0.4, -0.2) is 64.2 Å². The number of hydrogen-bond acceptors (Lipinski definition) is 6. The summed E-state index contributed by atoms with van der Waals surface area (Å²) >= 11 is 0. The zero-order chi connectivity index (χ0) is 26.3. The number of carbonyl (C=O) groups is 2. The molecule has 1 aliphatic rings. The molecule has 1 N–H and O–H groups in total. The molecule has 36 heavy (non-hydrogen) atoms. The zero-order valence-electron chi connectivity index (χ0n) is 21.3. The third-order valence-electron chi connectivity index (χ3n) is 6.42. The number of hydrogen-bond donors (Lipinski definition) is 1. The van der Waals surface area contributed by atoms with Gasteiger partial charge in [-0.25, -0.2) is 8.42 Å². The fourth-order valence-electron chi connectivity index (χ4n) is 4.26. The summed E-state index contributed by atoms with van der Waals surface area (Å²) in [5.74, 6) is 0.503. The van der Waals surface area contributed by atoms with Crippen molar-refractivity contribution < 1.29 is 27.5 Å². The zero-order valence-corrected chi connectivity index (χ0v) is 22.1. The van der Waals surface area contributed by atoms with E-state index < -0.39 is 28.5 Å². The lowest BCUT2D eigenvalue weighted by Crippen LogP contribution is -2.52. The number of carbonyl (C=O) groups excluding carboxylic acids is 2. The summed E-state index contributed by atoms with van der Waals surface area (Å²) < 4.78 is 36.7. The number of benzene rings is 2. The molecule has 0 heterocycles. The summed E-state index contributed by atoms with van der Waals surface area (Å²) in [6, 6.07) is 12.9. The SMILES string of the molecule is COc1ccc(CN(C(=O)CN(c2ccc(OC)cc2)S(C)(=O)=O)[C@@H](C)C(=O)NC2CCCC2)cc1. The molecule has 196 valence electrons. The molecule has 0 bridgehead atoms. The highest BCUT2D eigenvalue weighted by Crippen LogP contribution is 2.23. The van der Waals surface area contributed by atoms with Crippen LogP contribution in [-0.2, 0) is 26.2 Å². The minimum atomic E-state index is -3.78. The molecular formula is C26H35N3O6S. The van der Waals surface area contributed by atoms with Gasteiger partial charge in [-0.3, -0.25) is 13.9 Å². The smallest absolute Gasteiger partial charge is 0.244 e. The molecular weight excluding hydrogens is 482 g/mol. The maximum Gasteiger partial charge on any atom is 0.244 e. The van der Waals surface area contributed by atoms with E-state index in [-0.39, 0.29) is 18.5 Å². The first-order valence-electron chi connectivity index (χ1n) is 12.0. The molecule has 0 aromatic heterocycles. The second-order valence-electron chi connectivity index (χ2n) is 9.00. The minimum Gasteiger partial charge on any atom is -0.497 e. The first-order valence-corrected chi connectivity index (χ1v) is 13.8. The number of nitrogens with zero attached hydrogens (tertiary/aromatic N) is 2. The molecule has 0 aliphatic heterocycles. The highest BCUT2D eigenvalue weighted by Gasteiger charge is 2.31. The lowest BCUT2D eigenvalue weighted by atomic mass is 10.1. The molecule has 1 fully saturated rings. The Morgan fingerprint density at radius 1 is 0.972 bits per heavy atom. The van der Waals surface area contributed by atoms with Gasteiger partial charge in [0.15, 0.2) is 0 Å². The predicted octanol–water partition coefficient (Wildman–Crippen LogP) is 2.95. The summed E-state index contributed by atoms with van der Waals surface area (Å²) in [4.78, 5) is 28.1. The second kappa shape index (κ2) is 12.1. The van der Waals surface area contributed by atoms with Crippen LogP contribution in [0.5, 0.6) is 11.5 Å². The number of sulfonamides is 1. The number of amides is 2. The number of anilines is 1. The molecule has 0 saturated heterocycles. The maximum absolute atomic E-state index is 13.6. The average Bonchev–Trinajstić information content (AvgIpc) is 3.38. The van der Waals surface area contributed by atoms with Crippen molar-refractivity contribution >= 4 is 27.5 Å². The van der Waals surface area contributed by atoms with Crippen LogP contribution in [0.4, 0.5) is 5.69 Å². The molecule has 10 heteroatoms. The minimum absolute atomic E-state index is 0.102. The monoisotopic (exact) mass is 517 g/mol. The molecule has 0 radical (unpaired) electrons. The molecule has 2 amide bonds. The summed E-state index contributed by atoms with van der Waals surface area (Å²) in [6.45, 7) is 1.37. The van der Waals surface area contributed by atoms with E-state index in [1.807, 2.05) is 12.1 Å². The van der Waals surface area contributed by atoms with E-state index in [1.165, 1.54) is 12.0 Å². The van der Waals surface area contributed by atoms with Crippen LogP contribution in [0.1, 0.15) is 38.2 Å². The lowest BCUT2D eigenvalue weighted by Gasteiger charge is -2.32. The largest absolute Gasteiger partial charge is 0.497 e. The normalized spacial score (nSPS) is 14.7. The molecule has 2 aromatic carbocycles. The Morgan fingerprint density at radius 3 is 2.00 bits per heavy atom. The Balaban J connectivity index is 1.86. The molecule has 9 nitrogen and oxygen atoms in total. The van der Waals surface area contributed by atoms with E-state index in [1.54, 1.807) is 50.4 Å².